The number of allylic oxidation sites excluding steroid dienone is 1. The largest absolute Gasteiger partial charge is 0.206 e. The van der Waals surface area contributed by atoms with Crippen LogP contribution >= 0.6 is 0 Å². The number of halogens is 3. The lowest BCUT2D eigenvalue weighted by molar-refractivity contribution is 0.302. The molecular weight excluding hydrogens is 441 g/mol. The van der Waals surface area contributed by atoms with E-state index in [1.807, 2.05) is 6.07 Å². The molecule has 0 radical (unpaired) electrons. The standard InChI is InChI=1S/C32H35F3/c1-3-5-6-8-22-9-11-23(12-10-22)27-18-19-28(30(33)21-27)24-13-15-25(16-14-24)29-20-17-26(7-4-2)31(34)32(29)35/h4,13-23H,2-3,5-12H2,1H3. The quantitative estimate of drug-likeness (QED) is 0.213. The highest BCUT2D eigenvalue weighted by Crippen LogP contribution is 2.39. The maximum absolute atomic E-state index is 15.1. The Hall–Kier alpha value is -2.81. The fraction of sp³-hybridized carbons (Fsp3) is 0.375. The maximum Gasteiger partial charge on any atom is 0.166 e. The third-order valence-corrected chi connectivity index (χ3v) is 7.56. The van der Waals surface area contributed by atoms with E-state index >= 15 is 4.39 Å². The fourth-order valence-corrected chi connectivity index (χ4v) is 5.44. The summed E-state index contributed by atoms with van der Waals surface area (Å²) in [7, 11) is 0. The minimum Gasteiger partial charge on any atom is -0.206 e. The van der Waals surface area contributed by atoms with Gasteiger partial charge in [0.1, 0.15) is 5.82 Å². The van der Waals surface area contributed by atoms with E-state index in [0.29, 0.717) is 17.0 Å². The normalized spacial score (nSPS) is 17.9. The second-order valence-electron chi connectivity index (χ2n) is 9.92. The molecule has 184 valence electrons. The van der Waals surface area contributed by atoms with Gasteiger partial charge in [0.2, 0.25) is 0 Å². The van der Waals surface area contributed by atoms with Crippen molar-refractivity contribution in [2.45, 2.75) is 70.6 Å². The Morgan fingerprint density at radius 1 is 0.800 bits per heavy atom. The first-order chi connectivity index (χ1) is 17.0. The van der Waals surface area contributed by atoms with Gasteiger partial charge in [-0.05, 0) is 72.3 Å². The van der Waals surface area contributed by atoms with Crippen molar-refractivity contribution in [3.63, 3.8) is 0 Å². The Kier molecular flexibility index (Phi) is 8.49. The third kappa shape index (κ3) is 5.89. The molecule has 3 aromatic rings. The van der Waals surface area contributed by atoms with Crippen LogP contribution in [0.15, 0.2) is 67.3 Å². The highest BCUT2D eigenvalue weighted by molar-refractivity contribution is 5.71. The second-order valence-corrected chi connectivity index (χ2v) is 9.92. The molecule has 0 spiro atoms. The van der Waals surface area contributed by atoms with Crippen LogP contribution in [0, 0.1) is 23.4 Å². The van der Waals surface area contributed by atoms with Crippen molar-refractivity contribution in [1.29, 1.82) is 0 Å². The minimum absolute atomic E-state index is 0.197. The van der Waals surface area contributed by atoms with Gasteiger partial charge in [-0.2, -0.15) is 0 Å². The smallest absolute Gasteiger partial charge is 0.166 e. The van der Waals surface area contributed by atoms with Gasteiger partial charge in [0, 0.05) is 11.1 Å². The van der Waals surface area contributed by atoms with Gasteiger partial charge in [-0.1, -0.05) is 87.2 Å². The van der Waals surface area contributed by atoms with Crippen molar-refractivity contribution < 1.29 is 13.2 Å². The molecule has 4 rings (SSSR count). The summed E-state index contributed by atoms with van der Waals surface area (Å²) in [5, 5.41) is 0. The topological polar surface area (TPSA) is 0 Å². The molecule has 0 aromatic heterocycles. The molecule has 3 heteroatoms. The Bertz CT molecular complexity index is 1140. The van der Waals surface area contributed by atoms with E-state index < -0.39 is 11.6 Å². The van der Waals surface area contributed by atoms with Gasteiger partial charge in [-0.3, -0.25) is 0 Å². The van der Waals surface area contributed by atoms with E-state index in [9.17, 15) is 8.78 Å². The molecule has 35 heavy (non-hydrogen) atoms. The van der Waals surface area contributed by atoms with E-state index in [4.69, 9.17) is 0 Å². The summed E-state index contributed by atoms with van der Waals surface area (Å²) in [4.78, 5) is 0. The molecule has 0 heterocycles. The van der Waals surface area contributed by atoms with Gasteiger partial charge in [-0.15, -0.1) is 6.58 Å². The SMILES string of the molecule is C=CCc1ccc(-c2ccc(-c3ccc(C4CCC(CCCCC)CC4)cc3F)cc2)c(F)c1F. The molecule has 0 aliphatic heterocycles. The summed E-state index contributed by atoms with van der Waals surface area (Å²) >= 11 is 0. The van der Waals surface area contributed by atoms with Crippen LogP contribution in [0.25, 0.3) is 22.3 Å². The molecule has 0 N–H and O–H groups in total. The molecule has 1 aliphatic rings. The summed E-state index contributed by atoms with van der Waals surface area (Å²) in [6, 6.07) is 15.7. The van der Waals surface area contributed by atoms with Gasteiger partial charge in [0.25, 0.3) is 0 Å². The number of hydrogen-bond acceptors (Lipinski definition) is 0. The van der Waals surface area contributed by atoms with Gasteiger partial charge >= 0.3 is 0 Å². The Morgan fingerprint density at radius 3 is 2.09 bits per heavy atom. The van der Waals surface area contributed by atoms with Gasteiger partial charge < -0.3 is 0 Å². The van der Waals surface area contributed by atoms with Crippen molar-refractivity contribution in [3.05, 3.63) is 95.8 Å². The number of unbranched alkanes of at least 4 members (excludes halogenated alkanes) is 2. The predicted molar refractivity (Wildman–Crippen MR) is 140 cm³/mol. The average Bonchev–Trinajstić information content (AvgIpc) is 2.88. The monoisotopic (exact) mass is 476 g/mol. The summed E-state index contributed by atoms with van der Waals surface area (Å²) in [6.07, 6.45) is 11.8. The molecule has 1 fully saturated rings. The molecule has 0 atom stereocenters. The lowest BCUT2D eigenvalue weighted by atomic mass is 9.77. The van der Waals surface area contributed by atoms with E-state index in [0.717, 1.165) is 29.9 Å². The predicted octanol–water partition coefficient (Wildman–Crippen LogP) is 10.0. The number of rotatable bonds is 9. The maximum atomic E-state index is 15.1. The number of hydrogen-bond donors (Lipinski definition) is 0. The molecule has 1 aliphatic carbocycles. The van der Waals surface area contributed by atoms with E-state index in [-0.39, 0.29) is 23.4 Å². The molecule has 0 saturated heterocycles. The Morgan fingerprint density at radius 2 is 1.46 bits per heavy atom. The fourth-order valence-electron chi connectivity index (χ4n) is 5.44. The van der Waals surface area contributed by atoms with Crippen LogP contribution < -0.4 is 0 Å². The van der Waals surface area contributed by atoms with Gasteiger partial charge in [-0.25, -0.2) is 13.2 Å². The van der Waals surface area contributed by atoms with Crippen LogP contribution in [0.5, 0.6) is 0 Å². The van der Waals surface area contributed by atoms with Crippen LogP contribution in [0.1, 0.15) is 75.3 Å². The molecule has 0 nitrogen and oxygen atoms in total. The second kappa shape index (κ2) is 11.7. The highest BCUT2D eigenvalue weighted by atomic mass is 19.2. The van der Waals surface area contributed by atoms with Crippen molar-refractivity contribution in [2.24, 2.45) is 5.92 Å². The van der Waals surface area contributed by atoms with Gasteiger partial charge in [0.05, 0.1) is 0 Å². The van der Waals surface area contributed by atoms with Crippen molar-refractivity contribution in [2.75, 3.05) is 0 Å². The lowest BCUT2D eigenvalue weighted by Gasteiger charge is -2.29. The molecule has 0 unspecified atom stereocenters. The van der Waals surface area contributed by atoms with Crippen molar-refractivity contribution >= 4 is 0 Å². The molecule has 1 saturated carbocycles. The Balaban J connectivity index is 1.45. The minimum atomic E-state index is -0.868. The summed E-state index contributed by atoms with van der Waals surface area (Å²) in [6.45, 7) is 5.82. The zero-order valence-electron chi connectivity index (χ0n) is 20.6. The molecule has 0 amide bonds. The highest BCUT2D eigenvalue weighted by Gasteiger charge is 2.23. The van der Waals surface area contributed by atoms with Crippen LogP contribution in [-0.2, 0) is 6.42 Å². The summed E-state index contributed by atoms with van der Waals surface area (Å²) < 4.78 is 44.1. The van der Waals surface area contributed by atoms with E-state index in [1.54, 1.807) is 48.5 Å². The first-order valence-corrected chi connectivity index (χ1v) is 13.0. The molecule has 3 aromatic carbocycles. The van der Waals surface area contributed by atoms with E-state index in [2.05, 4.69) is 19.6 Å². The molecule has 0 bridgehead atoms. The van der Waals surface area contributed by atoms with Crippen LogP contribution in [0.4, 0.5) is 13.2 Å². The number of benzene rings is 3. The third-order valence-electron chi connectivity index (χ3n) is 7.56. The van der Waals surface area contributed by atoms with Gasteiger partial charge in [0.15, 0.2) is 11.6 Å². The lowest BCUT2D eigenvalue weighted by Crippen LogP contribution is -2.13. The zero-order chi connectivity index (χ0) is 24.8. The average molecular weight is 477 g/mol. The van der Waals surface area contributed by atoms with Crippen molar-refractivity contribution in [3.8, 4) is 22.3 Å². The summed E-state index contributed by atoms with van der Waals surface area (Å²) in [5.41, 5.74) is 3.38. The van der Waals surface area contributed by atoms with E-state index in [1.165, 1.54) is 38.5 Å². The first-order valence-electron chi connectivity index (χ1n) is 13.0. The van der Waals surface area contributed by atoms with Crippen molar-refractivity contribution in [1.82, 2.24) is 0 Å². The van der Waals surface area contributed by atoms with Crippen LogP contribution in [0.3, 0.4) is 0 Å². The van der Waals surface area contributed by atoms with Crippen LogP contribution in [-0.4, -0.2) is 0 Å². The Labute approximate surface area is 207 Å². The zero-order valence-corrected chi connectivity index (χ0v) is 20.6. The van der Waals surface area contributed by atoms with Crippen LogP contribution in [0.2, 0.25) is 0 Å². The summed E-state index contributed by atoms with van der Waals surface area (Å²) in [5.74, 6) is -0.677. The molecular formula is C32H35F3. The first kappa shape index (κ1) is 25.3.